The van der Waals surface area contributed by atoms with Gasteiger partial charge in [0.15, 0.2) is 5.11 Å². The van der Waals surface area contributed by atoms with Gasteiger partial charge in [0.05, 0.1) is 6.61 Å². The van der Waals surface area contributed by atoms with Crippen molar-refractivity contribution in [2.45, 2.75) is 26.7 Å². The third kappa shape index (κ3) is 6.71. The fourth-order valence-corrected chi connectivity index (χ4v) is 2.39. The second kappa shape index (κ2) is 10.3. The van der Waals surface area contributed by atoms with Gasteiger partial charge in [-0.2, -0.15) is 0 Å². The zero-order chi connectivity index (χ0) is 19.6. The molecular weight excluding hydrogens is 362 g/mol. The highest BCUT2D eigenvalue weighted by Crippen LogP contribution is 2.16. The van der Waals surface area contributed by atoms with E-state index in [0.717, 1.165) is 12.2 Å². The number of thiocarbonyl (C=S) groups is 1. The Labute approximate surface area is 164 Å². The van der Waals surface area contributed by atoms with E-state index < -0.39 is 0 Å². The molecule has 27 heavy (non-hydrogen) atoms. The van der Waals surface area contributed by atoms with Crippen LogP contribution in [0.5, 0.6) is 5.75 Å². The molecule has 0 heterocycles. The van der Waals surface area contributed by atoms with Gasteiger partial charge in [-0.15, -0.1) is 0 Å². The summed E-state index contributed by atoms with van der Waals surface area (Å²) in [6.45, 7) is 4.45. The van der Waals surface area contributed by atoms with Crippen LogP contribution in [-0.2, 0) is 4.79 Å². The molecule has 0 unspecified atom stereocenters. The van der Waals surface area contributed by atoms with Crippen molar-refractivity contribution in [1.82, 2.24) is 5.32 Å². The van der Waals surface area contributed by atoms with E-state index in [9.17, 15) is 9.59 Å². The summed E-state index contributed by atoms with van der Waals surface area (Å²) in [6.07, 6.45) is 1.32. The van der Waals surface area contributed by atoms with E-state index >= 15 is 0 Å². The van der Waals surface area contributed by atoms with E-state index in [1.807, 2.05) is 6.92 Å². The first-order valence-electron chi connectivity index (χ1n) is 8.77. The molecule has 0 saturated heterocycles. The van der Waals surface area contributed by atoms with Crippen LogP contribution in [0.25, 0.3) is 0 Å². The van der Waals surface area contributed by atoms with Gasteiger partial charge in [-0.1, -0.05) is 19.9 Å². The fourth-order valence-electron chi connectivity index (χ4n) is 2.18. The minimum atomic E-state index is -0.315. The summed E-state index contributed by atoms with van der Waals surface area (Å²) in [6, 6.07) is 14.0. The summed E-state index contributed by atoms with van der Waals surface area (Å²) in [7, 11) is 0. The average molecular weight is 385 g/mol. The molecule has 6 nitrogen and oxygen atoms in total. The van der Waals surface area contributed by atoms with Gasteiger partial charge in [0, 0.05) is 23.4 Å². The van der Waals surface area contributed by atoms with Crippen LogP contribution < -0.4 is 20.7 Å². The first-order valence-corrected chi connectivity index (χ1v) is 9.17. The number of carbonyl (C=O) groups is 2. The second-order valence-electron chi connectivity index (χ2n) is 5.76. The van der Waals surface area contributed by atoms with Crippen molar-refractivity contribution in [2.75, 3.05) is 17.2 Å². The van der Waals surface area contributed by atoms with Gasteiger partial charge in [-0.3, -0.25) is 14.9 Å². The number of rotatable bonds is 7. The van der Waals surface area contributed by atoms with Crippen molar-refractivity contribution in [3.63, 3.8) is 0 Å². The van der Waals surface area contributed by atoms with Crippen molar-refractivity contribution in [3.8, 4) is 5.75 Å². The van der Waals surface area contributed by atoms with Crippen LogP contribution in [0, 0.1) is 0 Å². The molecule has 0 aromatic heterocycles. The minimum absolute atomic E-state index is 0.0746. The molecule has 0 aliphatic heterocycles. The van der Waals surface area contributed by atoms with Gasteiger partial charge in [0.1, 0.15) is 5.75 Å². The number of hydrogen-bond donors (Lipinski definition) is 3. The van der Waals surface area contributed by atoms with E-state index in [1.165, 1.54) is 0 Å². The lowest BCUT2D eigenvalue weighted by molar-refractivity contribution is -0.115. The largest absolute Gasteiger partial charge is 0.494 e. The van der Waals surface area contributed by atoms with Crippen LogP contribution in [0.2, 0.25) is 0 Å². The maximum Gasteiger partial charge on any atom is 0.257 e. The summed E-state index contributed by atoms with van der Waals surface area (Å²) in [5.41, 5.74) is 1.80. The van der Waals surface area contributed by atoms with E-state index in [1.54, 1.807) is 55.5 Å². The predicted octanol–water partition coefficient (Wildman–Crippen LogP) is 3.95. The Hall–Kier alpha value is -2.93. The molecule has 2 amide bonds. The Morgan fingerprint density at radius 1 is 1.00 bits per heavy atom. The lowest BCUT2D eigenvalue weighted by Gasteiger charge is -2.11. The Balaban J connectivity index is 1.92. The van der Waals surface area contributed by atoms with Crippen LogP contribution >= 0.6 is 12.2 Å². The molecule has 0 spiro atoms. The van der Waals surface area contributed by atoms with E-state index in [4.69, 9.17) is 17.0 Å². The Morgan fingerprint density at radius 2 is 1.67 bits per heavy atom. The third-order valence-corrected chi connectivity index (χ3v) is 3.75. The van der Waals surface area contributed by atoms with Crippen LogP contribution in [0.3, 0.4) is 0 Å². The fraction of sp³-hybridized carbons (Fsp3) is 0.250. The van der Waals surface area contributed by atoms with Gasteiger partial charge >= 0.3 is 0 Å². The molecule has 2 aromatic carbocycles. The zero-order valence-electron chi connectivity index (χ0n) is 15.4. The first kappa shape index (κ1) is 20.4. The van der Waals surface area contributed by atoms with Crippen LogP contribution in [0.4, 0.5) is 11.4 Å². The molecular formula is C20H23N3O3S. The molecule has 3 N–H and O–H groups in total. The predicted molar refractivity (Wildman–Crippen MR) is 111 cm³/mol. The Bertz CT molecular complexity index is 806. The molecule has 2 rings (SSSR count). The average Bonchev–Trinajstić information content (AvgIpc) is 2.66. The van der Waals surface area contributed by atoms with Crippen molar-refractivity contribution in [1.29, 1.82) is 0 Å². The molecule has 0 aliphatic carbocycles. The highest BCUT2D eigenvalue weighted by molar-refractivity contribution is 7.80. The number of carbonyl (C=O) groups excluding carboxylic acids is 2. The molecule has 0 radical (unpaired) electrons. The second-order valence-corrected chi connectivity index (χ2v) is 6.17. The van der Waals surface area contributed by atoms with Crippen molar-refractivity contribution in [2.24, 2.45) is 0 Å². The van der Waals surface area contributed by atoms with E-state index in [-0.39, 0.29) is 16.9 Å². The maximum atomic E-state index is 12.3. The Kier molecular flexibility index (Phi) is 7.76. The monoisotopic (exact) mass is 385 g/mol. The number of amides is 2. The van der Waals surface area contributed by atoms with Gasteiger partial charge in [-0.25, -0.2) is 0 Å². The number of hydrogen-bond acceptors (Lipinski definition) is 4. The van der Waals surface area contributed by atoms with E-state index in [0.29, 0.717) is 30.0 Å². The SMILES string of the molecule is CCCOc1ccc(C(=O)NC(=S)Nc2cccc(NC(=O)CC)c2)cc1. The number of anilines is 2. The topological polar surface area (TPSA) is 79.5 Å². The van der Waals surface area contributed by atoms with Crippen molar-refractivity contribution >= 4 is 40.5 Å². The van der Waals surface area contributed by atoms with Crippen molar-refractivity contribution in [3.05, 3.63) is 54.1 Å². The number of ether oxygens (including phenoxy) is 1. The molecule has 7 heteroatoms. The molecule has 0 fully saturated rings. The van der Waals surface area contributed by atoms with Crippen molar-refractivity contribution < 1.29 is 14.3 Å². The molecule has 0 aliphatic rings. The lowest BCUT2D eigenvalue weighted by Crippen LogP contribution is -2.34. The summed E-state index contributed by atoms with van der Waals surface area (Å²) in [5, 5.41) is 8.51. The summed E-state index contributed by atoms with van der Waals surface area (Å²) < 4.78 is 5.50. The van der Waals surface area contributed by atoms with Crippen LogP contribution in [0.1, 0.15) is 37.0 Å². The summed E-state index contributed by atoms with van der Waals surface area (Å²) >= 11 is 5.19. The standard InChI is InChI=1S/C20H23N3O3S/c1-3-12-26-17-10-8-14(9-11-17)19(25)23-20(27)22-16-7-5-6-15(13-16)21-18(24)4-2/h5-11,13H,3-4,12H2,1-2H3,(H,21,24)(H2,22,23,25,27). The lowest BCUT2D eigenvalue weighted by atomic mass is 10.2. The zero-order valence-corrected chi connectivity index (χ0v) is 16.2. The smallest absolute Gasteiger partial charge is 0.257 e. The summed E-state index contributed by atoms with van der Waals surface area (Å²) in [5.74, 6) is 0.333. The molecule has 0 atom stereocenters. The Morgan fingerprint density at radius 3 is 2.30 bits per heavy atom. The highest BCUT2D eigenvalue weighted by Gasteiger charge is 2.09. The van der Waals surface area contributed by atoms with Gasteiger partial charge < -0.3 is 15.4 Å². The van der Waals surface area contributed by atoms with Gasteiger partial charge in [-0.05, 0) is 61.1 Å². The number of benzene rings is 2. The normalized spacial score (nSPS) is 10.0. The first-order chi connectivity index (χ1) is 13.0. The molecule has 2 aromatic rings. The quantitative estimate of drug-likeness (QED) is 0.629. The third-order valence-electron chi connectivity index (χ3n) is 3.54. The van der Waals surface area contributed by atoms with Gasteiger partial charge in [0.25, 0.3) is 5.91 Å². The molecule has 0 saturated carbocycles. The molecule has 0 bridgehead atoms. The van der Waals surface area contributed by atoms with Gasteiger partial charge in [0.2, 0.25) is 5.91 Å². The summed E-state index contributed by atoms with van der Waals surface area (Å²) in [4.78, 5) is 23.8. The maximum absolute atomic E-state index is 12.3. The minimum Gasteiger partial charge on any atom is -0.494 e. The van der Waals surface area contributed by atoms with Crippen LogP contribution in [0.15, 0.2) is 48.5 Å². The number of nitrogens with one attached hydrogen (secondary N) is 3. The van der Waals surface area contributed by atoms with Crippen LogP contribution in [-0.4, -0.2) is 23.5 Å². The van der Waals surface area contributed by atoms with E-state index in [2.05, 4.69) is 16.0 Å². The molecule has 142 valence electrons. The highest BCUT2D eigenvalue weighted by atomic mass is 32.1.